The molecule has 3 aliphatic rings. The van der Waals surface area contributed by atoms with Crippen LogP contribution in [0.4, 0.5) is 0 Å². The molecule has 0 N–H and O–H groups in total. The van der Waals surface area contributed by atoms with E-state index in [4.69, 9.17) is 19.1 Å². The van der Waals surface area contributed by atoms with E-state index in [1.807, 2.05) is 0 Å². The molecule has 2 unspecified atom stereocenters. The molecule has 1 nitrogen and oxygen atoms in total. The van der Waals surface area contributed by atoms with Crippen LogP contribution < -0.4 is 0 Å². The van der Waals surface area contributed by atoms with Gasteiger partial charge in [0, 0.05) is 11.7 Å². The third-order valence-electron chi connectivity index (χ3n) is 5.79. The average Bonchev–Trinajstić information content (AvgIpc) is 2.53. The molecule has 0 heterocycles. The summed E-state index contributed by atoms with van der Waals surface area (Å²) in [7, 11) is 14.4. The zero-order valence-corrected chi connectivity index (χ0v) is 18.5. The van der Waals surface area contributed by atoms with Crippen LogP contribution in [-0.4, -0.2) is 42.0 Å². The predicted molar refractivity (Wildman–Crippen MR) is 103 cm³/mol. The van der Waals surface area contributed by atoms with Crippen LogP contribution in [0, 0.1) is 0 Å². The molecule has 0 aliphatic heterocycles. The molecule has 0 aromatic heterocycles. The van der Waals surface area contributed by atoms with E-state index in [2.05, 4.69) is 31.1 Å². The van der Waals surface area contributed by atoms with Gasteiger partial charge in [-0.25, -0.2) is 0 Å². The topological polar surface area (TPSA) is 3.24 Å². The first-order valence-electron chi connectivity index (χ1n) is 9.13. The molecule has 3 rings (SSSR count). The van der Waals surface area contributed by atoms with Gasteiger partial charge in [0.1, 0.15) is 0 Å². The van der Waals surface area contributed by atoms with E-state index in [1.165, 1.54) is 38.5 Å². The van der Waals surface area contributed by atoms with Crippen LogP contribution >= 0.6 is 27.0 Å². The van der Waals surface area contributed by atoms with E-state index in [-0.39, 0.29) is 23.9 Å². The van der Waals surface area contributed by atoms with Gasteiger partial charge in [0.15, 0.2) is 0 Å². The van der Waals surface area contributed by atoms with Crippen molar-refractivity contribution in [2.45, 2.75) is 87.2 Å². The molecule has 0 amide bonds. The summed E-state index contributed by atoms with van der Waals surface area (Å²) in [4.78, 5) is 2.46. The quantitative estimate of drug-likeness (QED) is 0.262. The third kappa shape index (κ3) is 5.95. The molecule has 0 aromatic carbocycles. The minimum atomic E-state index is -0.106. The van der Waals surface area contributed by atoms with Gasteiger partial charge in [-0.15, -0.1) is 0 Å². The van der Waals surface area contributed by atoms with Crippen molar-refractivity contribution in [3.63, 3.8) is 0 Å². The number of rotatable bonds is 4. The summed E-state index contributed by atoms with van der Waals surface area (Å²) >= 11 is -0.106. The van der Waals surface area contributed by atoms with Crippen molar-refractivity contribution in [3.8, 4) is 0 Å². The average molecular weight is 471 g/mol. The Morgan fingerprint density at radius 3 is 1.57 bits per heavy atom. The molecular weight excluding hydrogens is 439 g/mol. The summed E-state index contributed by atoms with van der Waals surface area (Å²) in [5.74, 6) is 0. The Balaban J connectivity index is 0.000000595. The van der Waals surface area contributed by atoms with E-state index in [0.29, 0.717) is 0 Å². The van der Waals surface area contributed by atoms with Gasteiger partial charge in [-0.3, -0.25) is 0 Å². The van der Waals surface area contributed by atoms with Crippen molar-refractivity contribution in [3.05, 3.63) is 12.2 Å². The second kappa shape index (κ2) is 11.2. The molecule has 2 atom stereocenters. The van der Waals surface area contributed by atoms with Crippen molar-refractivity contribution in [1.29, 1.82) is 0 Å². The molecule has 5 heteroatoms. The normalized spacial score (nSPS) is 29.5. The molecule has 2 saturated carbocycles. The van der Waals surface area contributed by atoms with Crippen molar-refractivity contribution in [2.75, 3.05) is 14.1 Å². The Labute approximate surface area is 160 Å². The molecule has 2 fully saturated rings. The number of nitrogens with zero attached hydrogens (tertiary/aromatic N) is 1. The zero-order valence-electron chi connectivity index (χ0n) is 14.5. The van der Waals surface area contributed by atoms with Crippen LogP contribution in [-0.2, 0) is 15.9 Å². The Hall–Kier alpha value is 1.37. The van der Waals surface area contributed by atoms with E-state index in [0.717, 1.165) is 23.0 Å². The molecule has 23 heavy (non-hydrogen) atoms. The van der Waals surface area contributed by atoms with Gasteiger partial charge >= 0.3 is 35.0 Å². The maximum atomic E-state index is 4.81. The van der Waals surface area contributed by atoms with Gasteiger partial charge in [-0.05, 0) is 51.1 Å². The van der Waals surface area contributed by atoms with Crippen LogP contribution in [0.5, 0.6) is 0 Å². The molecule has 0 spiro atoms. The summed E-state index contributed by atoms with van der Waals surface area (Å²) in [5, 5.41) is 0. The van der Waals surface area contributed by atoms with Gasteiger partial charge in [-0.2, -0.15) is 0 Å². The van der Waals surface area contributed by atoms with Crippen LogP contribution in [0.3, 0.4) is 0 Å². The minimum absolute atomic E-state index is 0.106. The summed E-state index contributed by atoms with van der Waals surface area (Å²) in [6.45, 7) is 0. The molecule has 0 radical (unpaired) electrons. The van der Waals surface area contributed by atoms with Crippen molar-refractivity contribution in [2.24, 2.45) is 0 Å². The second-order valence-corrected chi connectivity index (χ2v) is 12.7. The fourth-order valence-electron chi connectivity index (χ4n) is 4.61. The van der Waals surface area contributed by atoms with E-state index in [1.54, 1.807) is 25.7 Å². The molecule has 138 valence electrons. The first-order valence-corrected chi connectivity index (χ1v) is 14.7. The summed E-state index contributed by atoms with van der Waals surface area (Å²) in [6, 6.07) is 0.755. The van der Waals surface area contributed by atoms with Crippen molar-refractivity contribution < 1.29 is 15.9 Å². The molecule has 0 aromatic rings. The number of hydrogen-bond acceptors (Lipinski definition) is 1. The Morgan fingerprint density at radius 2 is 1.26 bits per heavy atom. The maximum absolute atomic E-state index is 4.81. The predicted octanol–water partition coefficient (Wildman–Crippen LogP) is 6.38. The van der Waals surface area contributed by atoms with Gasteiger partial charge in [-0.1, -0.05) is 58.6 Å². The van der Waals surface area contributed by atoms with E-state index >= 15 is 0 Å². The van der Waals surface area contributed by atoms with Crippen molar-refractivity contribution in [1.82, 2.24) is 4.90 Å². The van der Waals surface area contributed by atoms with Gasteiger partial charge in [0.25, 0.3) is 0 Å². The second-order valence-electron chi connectivity index (χ2n) is 7.41. The van der Waals surface area contributed by atoms with Crippen LogP contribution in [0.1, 0.15) is 64.2 Å². The molecule has 3 aliphatic carbocycles. The fraction of sp³-hybridized carbons (Fsp3) is 0.889. The first-order chi connectivity index (χ1) is 11.2. The van der Waals surface area contributed by atoms with Crippen LogP contribution in [0.2, 0.25) is 0 Å². The Bertz CT molecular complexity index is 337. The monoisotopic (exact) mass is 469 g/mol. The Morgan fingerprint density at radius 1 is 0.826 bits per heavy atom. The molecule has 0 bridgehead atoms. The Kier molecular flexibility index (Phi) is 10.0. The molecular formula is C18H32Cl2NPPd. The summed E-state index contributed by atoms with van der Waals surface area (Å²) in [6.07, 6.45) is 20.3. The number of likely N-dealkylation sites (N-methyl/N-ethyl adjacent to an activating group) is 1. The fourth-order valence-corrected chi connectivity index (χ4v) is 9.12. The van der Waals surface area contributed by atoms with Gasteiger partial charge < -0.3 is 4.90 Å². The van der Waals surface area contributed by atoms with Crippen molar-refractivity contribution >= 4 is 27.0 Å². The standard InChI is InChI=1S/C18H32NP.2ClH.Pd/c1-19(2)17-13-14-18(17)20(15-9-5-3-6-10-15)16-11-7-4-8-12-16;;;/h13-18H,3-12H2,1-2H3;2*1H;/q;;;+2/p-2. The van der Waals surface area contributed by atoms with Crippen LogP contribution in [0.25, 0.3) is 0 Å². The summed E-state index contributed by atoms with van der Waals surface area (Å²) < 4.78 is 0. The summed E-state index contributed by atoms with van der Waals surface area (Å²) in [5.41, 5.74) is 3.12. The first kappa shape index (κ1) is 20.7. The van der Waals surface area contributed by atoms with Gasteiger partial charge in [0.2, 0.25) is 0 Å². The number of hydrogen-bond donors (Lipinski definition) is 0. The van der Waals surface area contributed by atoms with E-state index < -0.39 is 0 Å². The number of halogens is 2. The zero-order chi connectivity index (χ0) is 16.7. The van der Waals surface area contributed by atoms with Gasteiger partial charge in [0.05, 0.1) is 0 Å². The molecule has 0 saturated heterocycles. The third-order valence-corrected chi connectivity index (χ3v) is 9.67. The van der Waals surface area contributed by atoms with Crippen LogP contribution in [0.15, 0.2) is 12.2 Å². The SMILES string of the molecule is CN(C)C1C=CC1P(C1CCCCC1)C1CCCCC1.[Cl][Pd][Cl]. The van der Waals surface area contributed by atoms with E-state index in [9.17, 15) is 0 Å².